The zero-order valence-electron chi connectivity index (χ0n) is 18.2. The predicted molar refractivity (Wildman–Crippen MR) is 125 cm³/mol. The number of hydrogen-bond acceptors (Lipinski definition) is 7. The van der Waals surface area contributed by atoms with Gasteiger partial charge in [-0.15, -0.1) is 5.10 Å². The number of amides is 1. The van der Waals surface area contributed by atoms with Crippen LogP contribution in [0, 0.1) is 0 Å². The molecule has 0 unspecified atom stereocenters. The van der Waals surface area contributed by atoms with Crippen molar-refractivity contribution >= 4 is 38.5 Å². The summed E-state index contributed by atoms with van der Waals surface area (Å²) in [6.45, 7) is 1.32. The van der Waals surface area contributed by atoms with Crippen LogP contribution < -0.4 is 0 Å². The van der Waals surface area contributed by atoms with E-state index in [1.54, 1.807) is 17.0 Å². The van der Waals surface area contributed by atoms with Crippen LogP contribution in [-0.4, -0.2) is 75.7 Å². The first-order chi connectivity index (χ1) is 16.0. The first-order valence-corrected chi connectivity index (χ1v) is 13.6. The van der Waals surface area contributed by atoms with Crippen molar-refractivity contribution in [3.8, 4) is 0 Å². The van der Waals surface area contributed by atoms with Crippen molar-refractivity contribution in [3.63, 3.8) is 0 Å². The van der Waals surface area contributed by atoms with Gasteiger partial charge in [0, 0.05) is 26.2 Å². The summed E-state index contributed by atoms with van der Waals surface area (Å²) in [5.41, 5.74) is 0. The van der Waals surface area contributed by atoms with E-state index >= 15 is 0 Å². The molecular formula is C22H26N6O3S2. The molecule has 174 valence electrons. The SMILES string of the molecule is O=C(CSc1nnnn1C1CCCC1)N1CCN(S(=O)(=O)c2ccc3ccccc3c2)CC1. The number of fused-ring (bicyclic) bond motifs is 1. The molecule has 5 rings (SSSR count). The molecule has 1 saturated heterocycles. The Labute approximate surface area is 197 Å². The number of piperazine rings is 1. The van der Waals surface area contributed by atoms with Gasteiger partial charge < -0.3 is 4.90 Å². The zero-order chi connectivity index (χ0) is 22.8. The Bertz CT molecular complexity index is 1250. The number of rotatable bonds is 6. The molecule has 0 atom stereocenters. The fourth-order valence-corrected chi connectivity index (χ4v) is 6.84. The summed E-state index contributed by atoms with van der Waals surface area (Å²) in [6.07, 6.45) is 4.50. The molecule has 2 fully saturated rings. The van der Waals surface area contributed by atoms with Crippen LogP contribution in [0.2, 0.25) is 0 Å². The number of aromatic nitrogens is 4. The number of thioether (sulfide) groups is 1. The lowest BCUT2D eigenvalue weighted by Gasteiger charge is -2.34. The van der Waals surface area contributed by atoms with Gasteiger partial charge >= 0.3 is 0 Å². The molecule has 2 aliphatic rings. The molecule has 1 aromatic heterocycles. The summed E-state index contributed by atoms with van der Waals surface area (Å²) in [4.78, 5) is 14.8. The number of carbonyl (C=O) groups is 1. The van der Waals surface area contributed by atoms with Crippen molar-refractivity contribution in [3.05, 3.63) is 42.5 Å². The molecule has 2 heterocycles. The Morgan fingerprint density at radius 1 is 1.00 bits per heavy atom. The molecule has 3 aromatic rings. The fourth-order valence-electron chi connectivity index (χ4n) is 4.53. The Hall–Kier alpha value is -2.50. The minimum Gasteiger partial charge on any atom is -0.339 e. The number of tetrazole rings is 1. The van der Waals surface area contributed by atoms with Crippen molar-refractivity contribution in [1.29, 1.82) is 0 Å². The molecule has 0 bridgehead atoms. The van der Waals surface area contributed by atoms with Crippen LogP contribution >= 0.6 is 11.8 Å². The molecular weight excluding hydrogens is 460 g/mol. The third kappa shape index (κ3) is 4.62. The van der Waals surface area contributed by atoms with Crippen LogP contribution in [0.4, 0.5) is 0 Å². The maximum Gasteiger partial charge on any atom is 0.243 e. The largest absolute Gasteiger partial charge is 0.339 e. The number of benzene rings is 2. The normalized spacial score (nSPS) is 18.2. The van der Waals surface area contributed by atoms with Crippen LogP contribution in [0.25, 0.3) is 10.8 Å². The first-order valence-electron chi connectivity index (χ1n) is 11.2. The topological polar surface area (TPSA) is 101 Å². The van der Waals surface area contributed by atoms with E-state index in [2.05, 4.69) is 15.5 Å². The molecule has 1 aliphatic heterocycles. The zero-order valence-corrected chi connectivity index (χ0v) is 19.8. The molecule has 0 radical (unpaired) electrons. The first kappa shape index (κ1) is 22.3. The lowest BCUT2D eigenvalue weighted by Crippen LogP contribution is -2.51. The minimum absolute atomic E-state index is 0.0243. The molecule has 1 saturated carbocycles. The average Bonchev–Trinajstić information content (AvgIpc) is 3.54. The highest BCUT2D eigenvalue weighted by Crippen LogP contribution is 2.31. The fraction of sp³-hybridized carbons (Fsp3) is 0.455. The van der Waals surface area contributed by atoms with Gasteiger partial charge in [0.1, 0.15) is 0 Å². The Balaban J connectivity index is 1.18. The molecule has 1 amide bonds. The van der Waals surface area contributed by atoms with E-state index < -0.39 is 10.0 Å². The molecule has 11 heteroatoms. The maximum atomic E-state index is 13.1. The number of nitrogens with zero attached hydrogens (tertiary/aromatic N) is 6. The average molecular weight is 487 g/mol. The summed E-state index contributed by atoms with van der Waals surface area (Å²) in [7, 11) is -3.61. The van der Waals surface area contributed by atoms with Crippen molar-refractivity contribution < 1.29 is 13.2 Å². The van der Waals surface area contributed by atoms with Gasteiger partial charge in [0.25, 0.3) is 0 Å². The van der Waals surface area contributed by atoms with E-state index in [0.717, 1.165) is 23.6 Å². The summed E-state index contributed by atoms with van der Waals surface area (Å²) in [5, 5.41) is 14.5. The highest BCUT2D eigenvalue weighted by Gasteiger charge is 2.30. The highest BCUT2D eigenvalue weighted by molar-refractivity contribution is 7.99. The van der Waals surface area contributed by atoms with Crippen LogP contribution in [0.15, 0.2) is 52.5 Å². The quantitative estimate of drug-likeness (QED) is 0.494. The molecule has 33 heavy (non-hydrogen) atoms. The second kappa shape index (κ2) is 9.40. The Morgan fingerprint density at radius 2 is 1.73 bits per heavy atom. The Kier molecular flexibility index (Phi) is 6.35. The van der Waals surface area contributed by atoms with Gasteiger partial charge in [-0.3, -0.25) is 4.79 Å². The van der Waals surface area contributed by atoms with Gasteiger partial charge in [-0.2, -0.15) is 4.31 Å². The smallest absolute Gasteiger partial charge is 0.243 e. The van der Waals surface area contributed by atoms with E-state index in [1.165, 1.54) is 28.9 Å². The van der Waals surface area contributed by atoms with Gasteiger partial charge in [-0.05, 0) is 46.2 Å². The van der Waals surface area contributed by atoms with Crippen molar-refractivity contribution in [1.82, 2.24) is 29.4 Å². The van der Waals surface area contributed by atoms with E-state index in [1.807, 2.05) is 35.0 Å². The van der Waals surface area contributed by atoms with Gasteiger partial charge in [0.05, 0.1) is 16.7 Å². The molecule has 0 spiro atoms. The van der Waals surface area contributed by atoms with Crippen LogP contribution in [0.3, 0.4) is 0 Å². The standard InChI is InChI=1S/C22H26N6O3S2/c29-21(16-32-22-23-24-25-28(22)19-7-3-4-8-19)26-11-13-27(14-12-26)33(30,31)20-10-9-17-5-1-2-6-18(17)15-20/h1-2,5-6,9-10,15,19H,3-4,7-8,11-14,16H2. The second-order valence-corrected chi connectivity index (χ2v) is 11.3. The van der Waals surface area contributed by atoms with Crippen molar-refractivity contribution in [2.75, 3.05) is 31.9 Å². The van der Waals surface area contributed by atoms with Gasteiger partial charge in [0.15, 0.2) is 0 Å². The summed E-state index contributed by atoms with van der Waals surface area (Å²) in [5.74, 6) is 0.216. The van der Waals surface area contributed by atoms with Crippen molar-refractivity contribution in [2.24, 2.45) is 0 Å². The molecule has 2 aromatic carbocycles. The van der Waals surface area contributed by atoms with E-state index in [4.69, 9.17) is 0 Å². The number of hydrogen-bond donors (Lipinski definition) is 0. The highest BCUT2D eigenvalue weighted by atomic mass is 32.2. The van der Waals surface area contributed by atoms with E-state index in [0.29, 0.717) is 24.3 Å². The lowest BCUT2D eigenvalue weighted by molar-refractivity contribution is -0.129. The van der Waals surface area contributed by atoms with Gasteiger partial charge in [0.2, 0.25) is 21.1 Å². The third-order valence-corrected chi connectivity index (χ3v) is 9.22. The Morgan fingerprint density at radius 3 is 2.48 bits per heavy atom. The minimum atomic E-state index is -3.61. The summed E-state index contributed by atoms with van der Waals surface area (Å²) >= 11 is 1.35. The molecule has 9 nitrogen and oxygen atoms in total. The van der Waals surface area contributed by atoms with Gasteiger partial charge in [-0.25, -0.2) is 13.1 Å². The molecule has 0 N–H and O–H groups in total. The summed E-state index contributed by atoms with van der Waals surface area (Å²) < 4.78 is 29.6. The summed E-state index contributed by atoms with van der Waals surface area (Å²) in [6, 6.07) is 13.2. The second-order valence-electron chi connectivity index (χ2n) is 8.43. The monoisotopic (exact) mass is 486 g/mol. The number of sulfonamides is 1. The van der Waals surface area contributed by atoms with Gasteiger partial charge in [-0.1, -0.05) is 54.9 Å². The third-order valence-electron chi connectivity index (χ3n) is 6.41. The van der Waals surface area contributed by atoms with Crippen LogP contribution in [-0.2, 0) is 14.8 Å². The maximum absolute atomic E-state index is 13.1. The lowest BCUT2D eigenvalue weighted by atomic mass is 10.1. The molecule has 1 aliphatic carbocycles. The van der Waals surface area contributed by atoms with Crippen LogP contribution in [0.1, 0.15) is 31.7 Å². The number of carbonyl (C=O) groups excluding carboxylic acids is 1. The van der Waals surface area contributed by atoms with Crippen LogP contribution in [0.5, 0.6) is 0 Å². The van der Waals surface area contributed by atoms with E-state index in [-0.39, 0.29) is 29.6 Å². The van der Waals surface area contributed by atoms with Crippen molar-refractivity contribution in [2.45, 2.75) is 41.8 Å². The predicted octanol–water partition coefficient (Wildman–Crippen LogP) is 2.57. The van der Waals surface area contributed by atoms with E-state index in [9.17, 15) is 13.2 Å².